The van der Waals surface area contributed by atoms with Gasteiger partial charge in [-0.05, 0) is 43.2 Å². The largest absolute Gasteiger partial charge is 0.511 e. The lowest BCUT2D eigenvalue weighted by Crippen LogP contribution is -2.43. The molecule has 1 aromatic rings. The fraction of sp³-hybridized carbons (Fsp3) is 0.391. The molecule has 0 saturated heterocycles. The molecular formula is C23H29NO8. The molecular weight excluding hydrogens is 418 g/mol. The number of ketones is 3. The number of aliphatic hydroxyl groups is 2. The third kappa shape index (κ3) is 3.38. The normalized spacial score (nSPS) is 24.2. The summed E-state index contributed by atoms with van der Waals surface area (Å²) in [6.45, 7) is 2.83. The van der Waals surface area contributed by atoms with E-state index in [2.05, 4.69) is 5.32 Å². The van der Waals surface area contributed by atoms with Gasteiger partial charge >= 0.3 is 0 Å². The molecule has 0 aliphatic heterocycles. The molecule has 4 rings (SSSR count). The molecule has 174 valence electrons. The van der Waals surface area contributed by atoms with Gasteiger partial charge in [-0.2, -0.15) is 0 Å². The van der Waals surface area contributed by atoms with Gasteiger partial charge in [0, 0.05) is 21.3 Å². The second kappa shape index (κ2) is 8.23. The smallest absolute Gasteiger partial charge is 0.224 e. The highest BCUT2D eigenvalue weighted by molar-refractivity contribution is 6.22. The molecule has 0 bridgehead atoms. The van der Waals surface area contributed by atoms with Crippen LogP contribution < -0.4 is 5.32 Å². The lowest BCUT2D eigenvalue weighted by atomic mass is 9.61. The van der Waals surface area contributed by atoms with Crippen molar-refractivity contribution in [1.82, 2.24) is 0 Å². The van der Waals surface area contributed by atoms with Crippen molar-refractivity contribution in [2.45, 2.75) is 39.5 Å². The first-order valence-electron chi connectivity index (χ1n) is 10.2. The van der Waals surface area contributed by atoms with Crippen LogP contribution >= 0.6 is 0 Å². The van der Waals surface area contributed by atoms with Gasteiger partial charge < -0.3 is 26.1 Å². The molecule has 1 amide bonds. The summed E-state index contributed by atoms with van der Waals surface area (Å²) in [5, 5.41) is 34.8. The highest BCUT2D eigenvalue weighted by Gasteiger charge is 2.50. The minimum absolute atomic E-state index is 0. The third-order valence-electron chi connectivity index (χ3n) is 6.46. The Bertz CT molecular complexity index is 1120. The van der Waals surface area contributed by atoms with E-state index >= 15 is 0 Å². The molecule has 3 unspecified atom stereocenters. The molecule has 9 heteroatoms. The Labute approximate surface area is 186 Å². The van der Waals surface area contributed by atoms with Gasteiger partial charge in [0.15, 0.2) is 17.3 Å². The molecule has 1 saturated carbocycles. The summed E-state index contributed by atoms with van der Waals surface area (Å²) in [4.78, 5) is 49.2. The van der Waals surface area contributed by atoms with Gasteiger partial charge in [-0.25, -0.2) is 0 Å². The van der Waals surface area contributed by atoms with Crippen LogP contribution in [0.1, 0.15) is 47.1 Å². The van der Waals surface area contributed by atoms with Crippen LogP contribution in [0.2, 0.25) is 0 Å². The Hall–Kier alpha value is -3.46. The average Bonchev–Trinajstić information content (AvgIpc) is 2.68. The number of carbonyl (C=O) groups is 4. The van der Waals surface area contributed by atoms with Gasteiger partial charge in [0.05, 0.1) is 22.7 Å². The van der Waals surface area contributed by atoms with Crippen molar-refractivity contribution in [2.75, 3.05) is 5.32 Å². The van der Waals surface area contributed by atoms with E-state index in [1.165, 1.54) is 0 Å². The van der Waals surface area contributed by atoms with Crippen LogP contribution in [0.5, 0.6) is 5.75 Å². The SMILES string of the molecule is CCC(=O)Nc1ccc2c(c1O)C(O)=C1C(=O)C3C(O)=C(C(C)=O)C(=O)CC3CC1C2.O.[HH].[HH]. The first kappa shape index (κ1) is 23.2. The zero-order valence-corrected chi connectivity index (χ0v) is 17.7. The van der Waals surface area contributed by atoms with Crippen LogP contribution in [-0.4, -0.2) is 44.1 Å². The number of phenolic OH excluding ortho intramolecular Hbond substituents is 1. The molecule has 0 heterocycles. The number of fused-ring (bicyclic) bond motifs is 3. The number of aliphatic hydroxyl groups excluding tert-OH is 2. The molecule has 9 nitrogen and oxygen atoms in total. The Morgan fingerprint density at radius 1 is 1.16 bits per heavy atom. The topological polar surface area (TPSA) is 172 Å². The maximum atomic E-state index is 13.3. The zero-order chi connectivity index (χ0) is 22.6. The lowest BCUT2D eigenvalue weighted by Gasteiger charge is -2.41. The standard InChI is InChI=1S/C23H23NO7.H2O.2H2/c1-3-15(27)24-13-5-4-10-6-11-7-12-8-14(26)16(9(2)25)21(29)19(12)23(31)18(11)22(30)17(10)20(13)28;;;/h4-5,11-12,19,28-30H,3,6-8H2,1-2H3,(H,24,27);1H2;2*1H. The van der Waals surface area contributed by atoms with Crippen LogP contribution in [0, 0.1) is 17.8 Å². The number of hydrogen-bond acceptors (Lipinski definition) is 7. The van der Waals surface area contributed by atoms with Gasteiger partial charge in [0.1, 0.15) is 17.3 Å². The number of rotatable bonds is 3. The highest BCUT2D eigenvalue weighted by Crippen LogP contribution is 2.50. The molecule has 0 spiro atoms. The molecule has 3 atom stereocenters. The molecule has 1 fully saturated rings. The predicted molar refractivity (Wildman–Crippen MR) is 118 cm³/mol. The summed E-state index contributed by atoms with van der Waals surface area (Å²) in [7, 11) is 0. The molecule has 0 radical (unpaired) electrons. The van der Waals surface area contributed by atoms with Crippen molar-refractivity contribution in [3.8, 4) is 5.75 Å². The van der Waals surface area contributed by atoms with E-state index in [1.807, 2.05) is 0 Å². The number of Topliss-reactive ketones (excluding diaryl/α,β-unsaturated/α-hetero) is 3. The summed E-state index contributed by atoms with van der Waals surface area (Å²) in [6, 6.07) is 3.23. The minimum atomic E-state index is -1.07. The summed E-state index contributed by atoms with van der Waals surface area (Å²) in [5.41, 5.74) is 0.552. The zero-order valence-electron chi connectivity index (χ0n) is 17.7. The van der Waals surface area contributed by atoms with Crippen molar-refractivity contribution in [1.29, 1.82) is 0 Å². The second-order valence-electron chi connectivity index (χ2n) is 8.34. The van der Waals surface area contributed by atoms with Crippen LogP contribution in [0.15, 0.2) is 29.0 Å². The Balaban J connectivity index is 0.00000193. The number of amides is 1. The van der Waals surface area contributed by atoms with Gasteiger partial charge in [-0.3, -0.25) is 19.2 Å². The highest BCUT2D eigenvalue weighted by atomic mass is 16.3. The maximum Gasteiger partial charge on any atom is 0.224 e. The summed E-state index contributed by atoms with van der Waals surface area (Å²) in [5.74, 6) is -5.10. The predicted octanol–water partition coefficient (Wildman–Crippen LogP) is 2.43. The van der Waals surface area contributed by atoms with E-state index in [9.17, 15) is 34.5 Å². The quantitative estimate of drug-likeness (QED) is 0.407. The Morgan fingerprint density at radius 3 is 2.47 bits per heavy atom. The number of benzene rings is 1. The third-order valence-corrected chi connectivity index (χ3v) is 6.46. The number of nitrogens with one attached hydrogen (secondary N) is 1. The van der Waals surface area contributed by atoms with E-state index in [4.69, 9.17) is 0 Å². The first-order chi connectivity index (χ1) is 14.6. The molecule has 1 aromatic carbocycles. The van der Waals surface area contributed by atoms with Gasteiger partial charge in [-0.1, -0.05) is 13.0 Å². The van der Waals surface area contributed by atoms with E-state index in [-0.39, 0.29) is 61.1 Å². The first-order valence-corrected chi connectivity index (χ1v) is 10.2. The maximum absolute atomic E-state index is 13.3. The van der Waals surface area contributed by atoms with Gasteiger partial charge in [-0.15, -0.1) is 0 Å². The van der Waals surface area contributed by atoms with Crippen LogP contribution in [0.25, 0.3) is 5.76 Å². The lowest BCUT2D eigenvalue weighted by molar-refractivity contribution is -0.127. The molecule has 6 N–H and O–H groups in total. The van der Waals surface area contributed by atoms with Crippen molar-refractivity contribution >= 4 is 34.7 Å². The second-order valence-corrected chi connectivity index (χ2v) is 8.34. The number of carbonyl (C=O) groups excluding carboxylic acids is 4. The number of hydrogen-bond donors (Lipinski definition) is 4. The van der Waals surface area contributed by atoms with Crippen LogP contribution in [0.3, 0.4) is 0 Å². The average molecular weight is 447 g/mol. The van der Waals surface area contributed by atoms with Gasteiger partial charge in [0.25, 0.3) is 0 Å². The van der Waals surface area contributed by atoms with E-state index in [0.29, 0.717) is 18.4 Å². The van der Waals surface area contributed by atoms with E-state index in [0.717, 1.165) is 6.92 Å². The number of allylic oxidation sites excluding steroid dienone is 3. The van der Waals surface area contributed by atoms with Gasteiger partial charge in [0.2, 0.25) is 5.91 Å². The van der Waals surface area contributed by atoms with Crippen molar-refractivity contribution < 1.29 is 42.8 Å². The number of phenols is 1. The Morgan fingerprint density at radius 2 is 1.84 bits per heavy atom. The van der Waals surface area contributed by atoms with Crippen molar-refractivity contribution in [2.24, 2.45) is 17.8 Å². The minimum Gasteiger partial charge on any atom is -0.511 e. The van der Waals surface area contributed by atoms with Crippen LogP contribution in [0.4, 0.5) is 5.69 Å². The van der Waals surface area contributed by atoms with E-state index in [1.54, 1.807) is 19.1 Å². The summed E-state index contributed by atoms with van der Waals surface area (Å²) < 4.78 is 0. The fourth-order valence-corrected chi connectivity index (χ4v) is 5.07. The van der Waals surface area contributed by atoms with Crippen LogP contribution in [-0.2, 0) is 25.6 Å². The van der Waals surface area contributed by atoms with Crippen molar-refractivity contribution in [3.05, 3.63) is 40.2 Å². The molecule has 3 aliphatic rings. The number of anilines is 1. The summed E-state index contributed by atoms with van der Waals surface area (Å²) >= 11 is 0. The monoisotopic (exact) mass is 447 g/mol. The summed E-state index contributed by atoms with van der Waals surface area (Å²) in [6.07, 6.45) is 0.929. The molecule has 3 aliphatic carbocycles. The van der Waals surface area contributed by atoms with Crippen molar-refractivity contribution in [3.63, 3.8) is 0 Å². The van der Waals surface area contributed by atoms with E-state index < -0.39 is 40.7 Å². The fourth-order valence-electron chi connectivity index (χ4n) is 5.07. The number of aromatic hydroxyl groups is 1. The molecule has 0 aromatic heterocycles. The molecule has 32 heavy (non-hydrogen) atoms. The Kier molecular flexibility index (Phi) is 5.97.